The number of fused-ring (bicyclic) bond motifs is 1. The van der Waals surface area contributed by atoms with Crippen LogP contribution in [0.2, 0.25) is 10.0 Å². The fourth-order valence-corrected chi connectivity index (χ4v) is 3.64. The van der Waals surface area contributed by atoms with E-state index in [1.807, 2.05) is 67.7 Å². The lowest BCUT2D eigenvalue weighted by Gasteiger charge is -2.19. The Morgan fingerprint density at radius 1 is 0.964 bits per heavy atom. The van der Waals surface area contributed by atoms with Gasteiger partial charge in [-0.05, 0) is 31.2 Å². The van der Waals surface area contributed by atoms with Crippen LogP contribution in [-0.4, -0.2) is 10.1 Å². The Labute approximate surface area is 172 Å². The van der Waals surface area contributed by atoms with Crippen molar-refractivity contribution in [2.24, 2.45) is 0 Å². The first kappa shape index (κ1) is 18.5. The van der Waals surface area contributed by atoms with Gasteiger partial charge in [0.15, 0.2) is 0 Å². The van der Waals surface area contributed by atoms with Crippen molar-refractivity contribution in [1.29, 1.82) is 0 Å². The number of aromatic hydroxyl groups is 1. The standard InChI is InChI=1S/C22H17Cl2N3O/c1-13-8-9-14-10-11-16(22(28)20(14)26-13)21(27-18-7-2-3-12-25-18)15-5-4-6-17(23)19(15)24/h2-12,21,28H,1H3,(H,25,27)/p+1/t21-/m1/s1. The molecule has 28 heavy (non-hydrogen) atoms. The summed E-state index contributed by atoms with van der Waals surface area (Å²) in [5.74, 6) is 0.894. The van der Waals surface area contributed by atoms with Gasteiger partial charge >= 0.3 is 0 Å². The Balaban J connectivity index is 1.91. The SMILES string of the molecule is Cc1ccc2ccc([C@H](Nc3cccc[nH+]3)c3cccc(Cl)c3Cl)c(O)c2n1. The molecule has 0 saturated carbocycles. The molecule has 0 amide bonds. The second-order valence-corrected chi connectivity index (χ2v) is 7.31. The molecule has 0 bridgehead atoms. The van der Waals surface area contributed by atoms with Gasteiger partial charge in [0.1, 0.15) is 17.3 Å². The van der Waals surface area contributed by atoms with Crippen LogP contribution in [0.25, 0.3) is 10.9 Å². The Morgan fingerprint density at radius 3 is 2.57 bits per heavy atom. The topological polar surface area (TPSA) is 59.3 Å². The molecule has 1 atom stereocenters. The highest BCUT2D eigenvalue weighted by atomic mass is 35.5. The third-order valence-corrected chi connectivity index (χ3v) is 5.45. The maximum absolute atomic E-state index is 11.1. The summed E-state index contributed by atoms with van der Waals surface area (Å²) in [5, 5.41) is 16.2. The van der Waals surface area contributed by atoms with Crippen molar-refractivity contribution in [2.45, 2.75) is 13.0 Å². The summed E-state index contributed by atoms with van der Waals surface area (Å²) in [6, 6.07) is 18.5. The highest BCUT2D eigenvalue weighted by Gasteiger charge is 2.27. The quantitative estimate of drug-likeness (QED) is 0.462. The number of aromatic amines is 1. The molecule has 4 aromatic rings. The van der Waals surface area contributed by atoms with E-state index in [4.69, 9.17) is 23.2 Å². The van der Waals surface area contributed by atoms with E-state index < -0.39 is 6.04 Å². The maximum Gasteiger partial charge on any atom is 0.272 e. The number of aromatic nitrogens is 2. The van der Waals surface area contributed by atoms with Crippen molar-refractivity contribution >= 4 is 39.9 Å². The Bertz CT molecular complexity index is 1150. The number of aryl methyl sites for hydroxylation is 1. The molecule has 0 radical (unpaired) electrons. The molecular formula is C22H18Cl2N3O+. The van der Waals surface area contributed by atoms with Gasteiger partial charge in [-0.25, -0.2) is 9.97 Å². The molecule has 6 heteroatoms. The van der Waals surface area contributed by atoms with E-state index in [-0.39, 0.29) is 5.75 Å². The molecule has 0 fully saturated rings. The monoisotopic (exact) mass is 410 g/mol. The van der Waals surface area contributed by atoms with Crippen LogP contribution in [-0.2, 0) is 0 Å². The molecule has 2 aromatic carbocycles. The fraction of sp³-hybridized carbons (Fsp3) is 0.0909. The van der Waals surface area contributed by atoms with E-state index in [2.05, 4.69) is 15.3 Å². The predicted molar refractivity (Wildman–Crippen MR) is 113 cm³/mol. The summed E-state index contributed by atoms with van der Waals surface area (Å²) in [7, 11) is 0. The summed E-state index contributed by atoms with van der Waals surface area (Å²) in [6.07, 6.45) is 1.82. The molecular weight excluding hydrogens is 393 g/mol. The maximum atomic E-state index is 11.1. The van der Waals surface area contributed by atoms with E-state index in [1.54, 1.807) is 6.07 Å². The third kappa shape index (κ3) is 3.49. The number of hydrogen-bond acceptors (Lipinski definition) is 3. The van der Waals surface area contributed by atoms with Gasteiger partial charge in [-0.2, -0.15) is 0 Å². The summed E-state index contributed by atoms with van der Waals surface area (Å²) in [5.41, 5.74) is 2.81. The number of benzene rings is 2. The van der Waals surface area contributed by atoms with Crippen molar-refractivity contribution in [3.63, 3.8) is 0 Å². The Kier molecular flexibility index (Phi) is 5.07. The number of nitrogens with zero attached hydrogens (tertiary/aromatic N) is 1. The normalized spacial score (nSPS) is 12.1. The van der Waals surface area contributed by atoms with Crippen LogP contribution in [0.1, 0.15) is 22.9 Å². The lowest BCUT2D eigenvalue weighted by atomic mass is 9.96. The van der Waals surface area contributed by atoms with E-state index in [0.717, 1.165) is 22.5 Å². The second kappa shape index (κ2) is 7.66. The summed E-state index contributed by atoms with van der Waals surface area (Å²) < 4.78 is 0. The van der Waals surface area contributed by atoms with Gasteiger partial charge in [0, 0.05) is 28.3 Å². The van der Waals surface area contributed by atoms with Gasteiger partial charge in [-0.3, -0.25) is 5.32 Å². The molecule has 140 valence electrons. The van der Waals surface area contributed by atoms with Gasteiger partial charge in [-0.15, -0.1) is 0 Å². The molecule has 3 N–H and O–H groups in total. The largest absolute Gasteiger partial charge is 0.505 e. The van der Waals surface area contributed by atoms with Crippen molar-refractivity contribution in [1.82, 2.24) is 4.98 Å². The van der Waals surface area contributed by atoms with Gasteiger partial charge in [-0.1, -0.05) is 53.5 Å². The van der Waals surface area contributed by atoms with Gasteiger partial charge in [0.25, 0.3) is 5.82 Å². The number of hydrogen-bond donors (Lipinski definition) is 2. The van der Waals surface area contributed by atoms with Crippen molar-refractivity contribution in [2.75, 3.05) is 5.32 Å². The number of nitrogens with one attached hydrogen (secondary N) is 2. The van der Waals surface area contributed by atoms with Gasteiger partial charge < -0.3 is 5.11 Å². The van der Waals surface area contributed by atoms with Crippen LogP contribution in [0.3, 0.4) is 0 Å². The Hall–Kier alpha value is -2.82. The van der Waals surface area contributed by atoms with Crippen LogP contribution in [0.4, 0.5) is 5.82 Å². The number of pyridine rings is 2. The van der Waals surface area contributed by atoms with Crippen LogP contribution in [0.15, 0.2) is 66.9 Å². The molecule has 2 heterocycles. The summed E-state index contributed by atoms with van der Waals surface area (Å²) >= 11 is 12.8. The van der Waals surface area contributed by atoms with Crippen LogP contribution >= 0.6 is 23.2 Å². The molecule has 4 nitrogen and oxygen atoms in total. The number of anilines is 1. The zero-order chi connectivity index (χ0) is 19.7. The van der Waals surface area contributed by atoms with E-state index >= 15 is 0 Å². The molecule has 0 spiro atoms. The lowest BCUT2D eigenvalue weighted by Crippen LogP contribution is -2.19. The molecule has 2 aromatic heterocycles. The van der Waals surface area contributed by atoms with E-state index in [9.17, 15) is 5.11 Å². The van der Waals surface area contributed by atoms with Crippen molar-refractivity contribution in [3.8, 4) is 5.75 Å². The number of halogens is 2. The first-order valence-corrected chi connectivity index (χ1v) is 9.56. The van der Waals surface area contributed by atoms with Gasteiger partial charge in [0.05, 0.1) is 16.2 Å². The number of phenolic OH excluding ortho intramolecular Hbond substituents is 1. The van der Waals surface area contributed by atoms with Crippen molar-refractivity contribution < 1.29 is 10.1 Å². The minimum atomic E-state index is -0.434. The van der Waals surface area contributed by atoms with Crippen LogP contribution in [0.5, 0.6) is 5.75 Å². The zero-order valence-corrected chi connectivity index (χ0v) is 16.6. The Morgan fingerprint density at radius 2 is 1.79 bits per heavy atom. The van der Waals surface area contributed by atoms with Crippen LogP contribution < -0.4 is 10.3 Å². The molecule has 0 saturated heterocycles. The average Bonchev–Trinajstić information content (AvgIpc) is 2.70. The molecule has 4 rings (SSSR count). The smallest absolute Gasteiger partial charge is 0.272 e. The molecule has 0 aliphatic heterocycles. The minimum Gasteiger partial charge on any atom is -0.505 e. The summed E-state index contributed by atoms with van der Waals surface area (Å²) in [6.45, 7) is 1.90. The van der Waals surface area contributed by atoms with E-state index in [1.165, 1.54) is 0 Å². The van der Waals surface area contributed by atoms with Gasteiger partial charge in [0.2, 0.25) is 0 Å². The highest BCUT2D eigenvalue weighted by molar-refractivity contribution is 6.42. The lowest BCUT2D eigenvalue weighted by molar-refractivity contribution is -0.361. The number of H-pyrrole nitrogens is 1. The highest BCUT2D eigenvalue weighted by Crippen LogP contribution is 2.40. The molecule has 0 aliphatic rings. The molecule has 0 unspecified atom stereocenters. The first-order valence-electron chi connectivity index (χ1n) is 8.81. The first-order chi connectivity index (χ1) is 13.5. The fourth-order valence-electron chi connectivity index (χ4n) is 3.22. The number of rotatable bonds is 4. The third-order valence-electron chi connectivity index (χ3n) is 4.62. The zero-order valence-electron chi connectivity index (χ0n) is 15.1. The van der Waals surface area contributed by atoms with Crippen LogP contribution in [0, 0.1) is 6.92 Å². The van der Waals surface area contributed by atoms with Crippen molar-refractivity contribution in [3.05, 3.63) is 93.7 Å². The van der Waals surface area contributed by atoms with E-state index in [0.29, 0.717) is 21.1 Å². The molecule has 0 aliphatic carbocycles. The second-order valence-electron chi connectivity index (χ2n) is 6.52. The summed E-state index contributed by atoms with van der Waals surface area (Å²) in [4.78, 5) is 7.67. The predicted octanol–water partition coefficient (Wildman–Crippen LogP) is 5.57. The number of phenols is 1. The minimum absolute atomic E-state index is 0.116. The average molecular weight is 411 g/mol.